The number of hydrogen-bond donors (Lipinski definition) is 0. The minimum absolute atomic E-state index is 0.485. The van der Waals surface area contributed by atoms with Crippen LogP contribution < -0.4 is 50.0 Å². The van der Waals surface area contributed by atoms with Crippen molar-refractivity contribution in [1.29, 1.82) is 0 Å². The van der Waals surface area contributed by atoms with Crippen molar-refractivity contribution in [2.75, 3.05) is 0 Å². The van der Waals surface area contributed by atoms with Crippen molar-refractivity contribution in [2.45, 2.75) is 0 Å². The molecule has 0 aliphatic heterocycles. The second-order valence-corrected chi connectivity index (χ2v) is 22.4. The first-order valence-corrected chi connectivity index (χ1v) is 25.3. The second kappa shape index (κ2) is 19.7. The zero-order valence-electron chi connectivity index (χ0n) is 34.4. The summed E-state index contributed by atoms with van der Waals surface area (Å²) in [6.07, 6.45) is 0. The highest BCUT2D eigenvalue weighted by Gasteiger charge is 2.46. The van der Waals surface area contributed by atoms with Gasteiger partial charge >= 0.3 is 21.4 Å². The van der Waals surface area contributed by atoms with Gasteiger partial charge in [0.05, 0.1) is 31.8 Å². The Morgan fingerprint density at radius 2 is 0.688 bits per heavy atom. The molecule has 0 spiro atoms. The Kier molecular flexibility index (Phi) is 13.3. The molecule has 312 valence electrons. The van der Waals surface area contributed by atoms with Crippen LogP contribution in [0.25, 0.3) is 11.1 Å². The van der Waals surface area contributed by atoms with E-state index in [1.807, 2.05) is 24.3 Å². The Balaban J connectivity index is 1.39. The number of rotatable bonds is 13. The Morgan fingerprint density at radius 1 is 0.328 bits per heavy atom. The fourth-order valence-corrected chi connectivity index (χ4v) is 17.9. The van der Waals surface area contributed by atoms with E-state index in [1.54, 1.807) is 48.5 Å². The fourth-order valence-electron chi connectivity index (χ4n) is 7.82. The number of benzene rings is 9. The summed E-state index contributed by atoms with van der Waals surface area (Å²) in [5, 5.41) is 8.35. The summed E-state index contributed by atoms with van der Waals surface area (Å²) < 4.78 is 26.3. The maximum Gasteiger partial charge on any atom is 0.864 e. The molecule has 10 heteroatoms. The monoisotopic (exact) mass is 928 g/mol. The minimum Gasteiger partial charge on any atom is -0.490 e. The zero-order valence-corrected chi connectivity index (χ0v) is 38.4. The van der Waals surface area contributed by atoms with Crippen molar-refractivity contribution < 1.29 is 14.0 Å². The molecule has 0 aromatic heterocycles. The van der Waals surface area contributed by atoms with Crippen LogP contribution in [0, 0.1) is 0 Å². The summed E-state index contributed by atoms with van der Waals surface area (Å²) in [5.74, 6) is 1.48. The number of hydrogen-bond acceptors (Lipinski definition) is 3. The van der Waals surface area contributed by atoms with Gasteiger partial charge in [-0.2, -0.15) is 0 Å². The molecule has 4 nitrogen and oxygen atoms in total. The van der Waals surface area contributed by atoms with Crippen molar-refractivity contribution >= 4 is 88.1 Å². The first-order valence-electron chi connectivity index (χ1n) is 20.6. The Hall–Kier alpha value is -6.12. The van der Waals surface area contributed by atoms with E-state index in [2.05, 4.69) is 170 Å². The molecule has 0 bridgehead atoms. The smallest absolute Gasteiger partial charge is 0.490 e. The lowest BCUT2D eigenvalue weighted by Crippen LogP contribution is -2.37. The summed E-state index contributed by atoms with van der Waals surface area (Å²) in [6.45, 7) is 0. The normalized spacial score (nSPS) is 11.3. The molecule has 9 aromatic rings. The molecule has 0 radical (unpaired) electrons. The molecule has 64 heavy (non-hydrogen) atoms. The minimum atomic E-state index is -3.07. The number of nitrogens with zero attached hydrogens (tertiary/aromatic N) is 1. The third-order valence-corrected chi connectivity index (χ3v) is 19.9. The molecule has 0 aliphatic carbocycles. The zero-order chi connectivity index (χ0) is 43.8. The topological polar surface area (TPSA) is 41.8 Å². The summed E-state index contributed by atoms with van der Waals surface area (Å²) in [6, 6.07) is 82.0. The van der Waals surface area contributed by atoms with E-state index in [9.17, 15) is 0 Å². The van der Waals surface area contributed by atoms with Crippen molar-refractivity contribution in [3.63, 3.8) is 0 Å². The molecule has 0 heterocycles. The van der Waals surface area contributed by atoms with Crippen LogP contribution in [0.1, 0.15) is 0 Å². The van der Waals surface area contributed by atoms with Crippen molar-refractivity contribution in [2.24, 2.45) is 0 Å². The van der Waals surface area contributed by atoms with Gasteiger partial charge in [0.2, 0.25) is 0 Å². The molecule has 0 fully saturated rings. The largest absolute Gasteiger partial charge is 0.864 e. The highest BCUT2D eigenvalue weighted by molar-refractivity contribution is 7.94. The third-order valence-electron chi connectivity index (χ3n) is 10.7. The highest BCUT2D eigenvalue weighted by atomic mass is 35.5. The van der Waals surface area contributed by atoms with Gasteiger partial charge in [0.15, 0.2) is 0 Å². The molecular weight excluding hydrogens is 890 g/mol. The third kappa shape index (κ3) is 9.12. The van der Waals surface area contributed by atoms with Crippen molar-refractivity contribution in [3.8, 4) is 28.4 Å². The molecular formula is C54H40BCl3NO3P2+. The Bertz CT molecular complexity index is 2910. The van der Waals surface area contributed by atoms with Gasteiger partial charge in [0, 0.05) is 26.2 Å². The predicted octanol–water partition coefficient (Wildman–Crippen LogP) is 12.6. The van der Waals surface area contributed by atoms with Gasteiger partial charge in [0.1, 0.15) is 17.2 Å². The SMILES string of the molecule is Clc1ccc(OB(Oc2ccc(Cl)cc2)Oc2ccc(Cl)cc2-c2ccccc2P(=[N+]=P(c2ccccc2)(c2ccccc2)c2ccccc2)(c2ccccc2)c2ccccc2)cc1. The number of halogens is 3. The van der Waals surface area contributed by atoms with E-state index in [4.69, 9.17) is 52.9 Å². The molecule has 0 amide bonds. The maximum absolute atomic E-state index is 6.99. The van der Waals surface area contributed by atoms with Gasteiger partial charge in [-0.25, -0.2) is 0 Å². The van der Waals surface area contributed by atoms with E-state index >= 15 is 0 Å². The van der Waals surface area contributed by atoms with Crippen LogP contribution in [-0.2, 0) is 0 Å². The van der Waals surface area contributed by atoms with Gasteiger partial charge in [-0.3, -0.25) is 0 Å². The first-order chi connectivity index (χ1) is 31.4. The fraction of sp³-hybridized carbons (Fsp3) is 0. The van der Waals surface area contributed by atoms with Gasteiger partial charge < -0.3 is 14.0 Å². The Morgan fingerprint density at radius 3 is 1.11 bits per heavy atom. The predicted molar refractivity (Wildman–Crippen MR) is 273 cm³/mol. The van der Waals surface area contributed by atoms with Crippen LogP contribution in [-0.4, -0.2) is 7.32 Å². The van der Waals surface area contributed by atoms with E-state index in [1.165, 1.54) is 0 Å². The second-order valence-electron chi connectivity index (χ2n) is 14.7. The van der Waals surface area contributed by atoms with Crippen molar-refractivity contribution in [3.05, 3.63) is 258 Å². The quantitative estimate of drug-likeness (QED) is 0.0657. The van der Waals surface area contributed by atoms with Crippen LogP contribution in [0.2, 0.25) is 15.1 Å². The summed E-state index contributed by atoms with van der Waals surface area (Å²) >= 11 is 19.5. The van der Waals surface area contributed by atoms with Crippen LogP contribution in [0.3, 0.4) is 0 Å². The Labute approximate surface area is 389 Å². The molecule has 0 saturated heterocycles. The van der Waals surface area contributed by atoms with Crippen LogP contribution in [0.15, 0.2) is 243 Å². The summed E-state index contributed by atoms with van der Waals surface area (Å²) in [4.78, 5) is 0. The molecule has 0 atom stereocenters. The lowest BCUT2D eigenvalue weighted by Gasteiger charge is -2.23. The summed E-state index contributed by atoms with van der Waals surface area (Å²) in [7, 11) is -7.17. The van der Waals surface area contributed by atoms with E-state index in [-0.39, 0.29) is 0 Å². The van der Waals surface area contributed by atoms with E-state index in [0.29, 0.717) is 32.3 Å². The van der Waals surface area contributed by atoms with Crippen LogP contribution in [0.5, 0.6) is 17.2 Å². The van der Waals surface area contributed by atoms with Gasteiger partial charge in [-0.1, -0.05) is 144 Å². The highest BCUT2D eigenvalue weighted by Crippen LogP contribution is 2.52. The van der Waals surface area contributed by atoms with Crippen molar-refractivity contribution in [1.82, 2.24) is 4.17 Å². The average Bonchev–Trinajstić information content (AvgIpc) is 3.35. The standard InChI is InChI=1S/C54H40BCl3NO3P2/c56-41-30-35-44(36-31-41)60-55(61-45-37-32-42(57)33-38-45)62-53-39-34-43(58)40-52(53)51-28-16-17-29-54(51)64(49-24-12-4-13-25-49,50-26-14-5-15-27-50)59-63(46-18-6-1-7-19-46,47-20-8-2-9-21-47)48-22-10-3-11-23-48/h1-40H/q+1. The van der Waals surface area contributed by atoms with Gasteiger partial charge in [0.25, 0.3) is 0 Å². The maximum atomic E-state index is 6.99. The molecule has 0 N–H and O–H groups in total. The summed E-state index contributed by atoms with van der Waals surface area (Å²) in [5.41, 5.74) is 1.64. The molecule has 9 rings (SSSR count). The van der Waals surface area contributed by atoms with Gasteiger partial charge in [-0.05, 0) is 133 Å². The molecule has 0 saturated carbocycles. The molecule has 9 aromatic carbocycles. The lowest BCUT2D eigenvalue weighted by atomic mass is 10.0. The average molecular weight is 930 g/mol. The first kappa shape index (κ1) is 43.2. The molecule has 0 unspecified atom stereocenters. The lowest BCUT2D eigenvalue weighted by molar-refractivity contribution is 0.308. The van der Waals surface area contributed by atoms with Crippen LogP contribution in [0.4, 0.5) is 0 Å². The van der Waals surface area contributed by atoms with Gasteiger partial charge in [-0.15, -0.1) is 4.17 Å². The van der Waals surface area contributed by atoms with E-state index in [0.717, 1.165) is 43.0 Å². The van der Waals surface area contributed by atoms with Crippen LogP contribution >= 0.6 is 48.9 Å². The van der Waals surface area contributed by atoms with E-state index < -0.39 is 21.4 Å². The molecule has 0 aliphatic rings.